The predicted octanol–water partition coefficient (Wildman–Crippen LogP) is 0.793. The molecular formula is C8H10N4. The molecule has 2 aromatic heterocycles. The van der Waals surface area contributed by atoms with Crippen LogP contribution in [0, 0.1) is 0 Å². The van der Waals surface area contributed by atoms with E-state index in [1.807, 2.05) is 29.9 Å². The van der Waals surface area contributed by atoms with E-state index in [4.69, 9.17) is 5.73 Å². The summed E-state index contributed by atoms with van der Waals surface area (Å²) in [5.74, 6) is 1.62. The average Bonchev–Trinajstić information content (AvgIpc) is 2.59. The number of nitrogens with zero attached hydrogens (tertiary/aromatic N) is 3. The molecule has 0 aliphatic rings. The molecule has 2 N–H and O–H groups in total. The average molecular weight is 162 g/mol. The standard InChI is InChI=1S/C8H10N4/c1-11-6-2-3-8(11)12-7(9)4-5-10-12/h2-6H,9H2,1H3. The molecule has 12 heavy (non-hydrogen) atoms. The third-order valence-corrected chi connectivity index (χ3v) is 1.81. The van der Waals surface area contributed by atoms with Gasteiger partial charge in [0.1, 0.15) is 11.6 Å². The topological polar surface area (TPSA) is 48.8 Å². The zero-order valence-corrected chi connectivity index (χ0v) is 6.81. The van der Waals surface area contributed by atoms with Gasteiger partial charge in [0.2, 0.25) is 0 Å². The van der Waals surface area contributed by atoms with Crippen LogP contribution in [0.2, 0.25) is 0 Å². The molecule has 0 saturated heterocycles. The van der Waals surface area contributed by atoms with Crippen molar-refractivity contribution in [2.24, 2.45) is 7.05 Å². The van der Waals surface area contributed by atoms with E-state index >= 15 is 0 Å². The van der Waals surface area contributed by atoms with E-state index in [9.17, 15) is 0 Å². The van der Waals surface area contributed by atoms with Crippen molar-refractivity contribution in [2.75, 3.05) is 5.73 Å². The number of nitrogens with two attached hydrogens (primary N) is 1. The summed E-state index contributed by atoms with van der Waals surface area (Å²) in [6.45, 7) is 0. The van der Waals surface area contributed by atoms with Crippen molar-refractivity contribution in [3.8, 4) is 5.82 Å². The Balaban J connectivity index is 2.57. The van der Waals surface area contributed by atoms with Crippen molar-refractivity contribution in [1.82, 2.24) is 14.3 Å². The van der Waals surface area contributed by atoms with Crippen LogP contribution in [0.1, 0.15) is 0 Å². The highest BCUT2D eigenvalue weighted by atomic mass is 15.3. The van der Waals surface area contributed by atoms with Crippen LogP contribution >= 0.6 is 0 Å². The van der Waals surface area contributed by atoms with E-state index in [1.165, 1.54) is 0 Å². The predicted molar refractivity (Wildman–Crippen MR) is 46.9 cm³/mol. The highest BCUT2D eigenvalue weighted by molar-refractivity contribution is 5.37. The second-order valence-electron chi connectivity index (χ2n) is 2.65. The van der Waals surface area contributed by atoms with Crippen LogP contribution in [-0.4, -0.2) is 14.3 Å². The van der Waals surface area contributed by atoms with Crippen LogP contribution in [0.5, 0.6) is 0 Å². The summed E-state index contributed by atoms with van der Waals surface area (Å²) >= 11 is 0. The van der Waals surface area contributed by atoms with Gasteiger partial charge in [-0.25, -0.2) is 4.68 Å². The van der Waals surface area contributed by atoms with Crippen molar-refractivity contribution in [1.29, 1.82) is 0 Å². The molecular weight excluding hydrogens is 152 g/mol. The molecule has 62 valence electrons. The highest BCUT2D eigenvalue weighted by Gasteiger charge is 2.02. The van der Waals surface area contributed by atoms with Crippen LogP contribution in [0.4, 0.5) is 5.82 Å². The van der Waals surface area contributed by atoms with E-state index in [0.717, 1.165) is 5.82 Å². The quantitative estimate of drug-likeness (QED) is 0.674. The fraction of sp³-hybridized carbons (Fsp3) is 0.125. The second kappa shape index (κ2) is 2.41. The monoisotopic (exact) mass is 162 g/mol. The zero-order valence-electron chi connectivity index (χ0n) is 6.81. The Morgan fingerprint density at radius 2 is 2.25 bits per heavy atom. The summed E-state index contributed by atoms with van der Waals surface area (Å²) in [5.41, 5.74) is 5.69. The van der Waals surface area contributed by atoms with Gasteiger partial charge in [-0.1, -0.05) is 0 Å². The van der Waals surface area contributed by atoms with Crippen molar-refractivity contribution in [3.05, 3.63) is 30.6 Å². The first kappa shape index (κ1) is 6.97. The minimum absolute atomic E-state index is 0.650. The molecule has 0 saturated carbocycles. The van der Waals surface area contributed by atoms with Gasteiger partial charge >= 0.3 is 0 Å². The lowest BCUT2D eigenvalue weighted by molar-refractivity contribution is 0.781. The van der Waals surface area contributed by atoms with Crippen LogP contribution in [0.25, 0.3) is 5.82 Å². The Morgan fingerprint density at radius 1 is 1.42 bits per heavy atom. The van der Waals surface area contributed by atoms with Crippen LogP contribution < -0.4 is 5.73 Å². The van der Waals surface area contributed by atoms with Gasteiger partial charge in [-0.15, -0.1) is 0 Å². The van der Waals surface area contributed by atoms with Gasteiger partial charge in [0.15, 0.2) is 0 Å². The molecule has 0 aromatic carbocycles. The Bertz CT molecular complexity index is 347. The molecule has 0 spiro atoms. The van der Waals surface area contributed by atoms with Gasteiger partial charge in [0, 0.05) is 19.3 Å². The smallest absolute Gasteiger partial charge is 0.136 e. The number of hydrogen-bond acceptors (Lipinski definition) is 2. The van der Waals surface area contributed by atoms with E-state index in [2.05, 4.69) is 5.10 Å². The number of hydrogen-bond donors (Lipinski definition) is 1. The molecule has 4 nitrogen and oxygen atoms in total. The maximum atomic E-state index is 5.69. The van der Waals surface area contributed by atoms with Crippen molar-refractivity contribution in [3.63, 3.8) is 0 Å². The number of aromatic nitrogens is 3. The molecule has 0 aliphatic heterocycles. The summed E-state index contributed by atoms with van der Waals surface area (Å²) in [6.07, 6.45) is 3.64. The highest BCUT2D eigenvalue weighted by Crippen LogP contribution is 2.10. The largest absolute Gasteiger partial charge is 0.384 e. The van der Waals surface area contributed by atoms with Gasteiger partial charge in [-0.05, 0) is 12.1 Å². The van der Waals surface area contributed by atoms with Crippen LogP contribution in [-0.2, 0) is 7.05 Å². The van der Waals surface area contributed by atoms with Gasteiger partial charge in [0.05, 0.1) is 6.20 Å². The molecule has 2 aromatic rings. The number of aryl methyl sites for hydroxylation is 1. The van der Waals surface area contributed by atoms with E-state index in [0.29, 0.717) is 5.82 Å². The minimum atomic E-state index is 0.650. The summed E-state index contributed by atoms with van der Waals surface area (Å²) in [5, 5.41) is 4.09. The van der Waals surface area contributed by atoms with Crippen LogP contribution in [0.3, 0.4) is 0 Å². The lowest BCUT2D eigenvalue weighted by Crippen LogP contribution is -2.05. The SMILES string of the molecule is Cn1cccc1-n1nccc1N. The van der Waals surface area contributed by atoms with Crippen molar-refractivity contribution >= 4 is 5.82 Å². The third kappa shape index (κ3) is 0.887. The van der Waals surface area contributed by atoms with Crippen molar-refractivity contribution in [2.45, 2.75) is 0 Å². The van der Waals surface area contributed by atoms with E-state index < -0.39 is 0 Å². The Morgan fingerprint density at radius 3 is 2.75 bits per heavy atom. The summed E-state index contributed by atoms with van der Waals surface area (Å²) in [6, 6.07) is 5.69. The molecule has 0 aliphatic carbocycles. The van der Waals surface area contributed by atoms with Gasteiger partial charge in [-0.3, -0.25) is 0 Å². The molecule has 0 bridgehead atoms. The number of nitrogen functional groups attached to an aromatic ring is 1. The Labute approximate surface area is 70.2 Å². The fourth-order valence-corrected chi connectivity index (χ4v) is 1.18. The lowest BCUT2D eigenvalue weighted by atomic mass is 10.6. The number of anilines is 1. The first-order valence-electron chi connectivity index (χ1n) is 3.70. The minimum Gasteiger partial charge on any atom is -0.384 e. The number of rotatable bonds is 1. The molecule has 0 fully saturated rings. The molecule has 0 unspecified atom stereocenters. The molecule has 0 radical (unpaired) electrons. The summed E-state index contributed by atoms with van der Waals surface area (Å²) in [4.78, 5) is 0. The molecule has 0 amide bonds. The van der Waals surface area contributed by atoms with Gasteiger partial charge < -0.3 is 10.3 Å². The van der Waals surface area contributed by atoms with E-state index in [1.54, 1.807) is 16.9 Å². The van der Waals surface area contributed by atoms with Gasteiger partial charge in [0.25, 0.3) is 0 Å². The first-order valence-corrected chi connectivity index (χ1v) is 3.70. The van der Waals surface area contributed by atoms with Crippen molar-refractivity contribution < 1.29 is 0 Å². The molecule has 2 rings (SSSR count). The summed E-state index contributed by atoms with van der Waals surface area (Å²) < 4.78 is 3.66. The third-order valence-electron chi connectivity index (χ3n) is 1.81. The fourth-order valence-electron chi connectivity index (χ4n) is 1.18. The molecule has 0 atom stereocenters. The van der Waals surface area contributed by atoms with E-state index in [-0.39, 0.29) is 0 Å². The molecule has 4 heteroatoms. The van der Waals surface area contributed by atoms with Gasteiger partial charge in [-0.2, -0.15) is 5.10 Å². The first-order chi connectivity index (χ1) is 5.79. The molecule has 2 heterocycles. The Hall–Kier alpha value is -1.71. The maximum Gasteiger partial charge on any atom is 0.136 e. The Kier molecular flexibility index (Phi) is 1.40. The maximum absolute atomic E-state index is 5.69. The van der Waals surface area contributed by atoms with Crippen LogP contribution in [0.15, 0.2) is 30.6 Å². The zero-order chi connectivity index (χ0) is 8.55. The summed E-state index contributed by atoms with van der Waals surface area (Å²) in [7, 11) is 1.95. The lowest BCUT2D eigenvalue weighted by Gasteiger charge is -2.03. The normalized spacial score (nSPS) is 10.4. The second-order valence-corrected chi connectivity index (χ2v) is 2.65.